The number of aromatic nitrogens is 2. The SMILES string of the molecule is COc1ccc(S(=O)(=O)N(CC(=O)Nc2nnc(-c3ccc(C)cc3)s2)c2ccc(F)cc2)cc1. The van der Waals surface area contributed by atoms with Gasteiger partial charge in [-0.2, -0.15) is 0 Å². The van der Waals surface area contributed by atoms with Crippen LogP contribution in [0.5, 0.6) is 5.75 Å². The fraction of sp³-hybridized carbons (Fsp3) is 0.125. The van der Waals surface area contributed by atoms with E-state index in [1.807, 2.05) is 31.2 Å². The smallest absolute Gasteiger partial charge is 0.264 e. The largest absolute Gasteiger partial charge is 0.497 e. The van der Waals surface area contributed by atoms with Gasteiger partial charge in [-0.15, -0.1) is 10.2 Å². The molecule has 3 aromatic carbocycles. The van der Waals surface area contributed by atoms with Gasteiger partial charge in [0.25, 0.3) is 10.0 Å². The zero-order valence-electron chi connectivity index (χ0n) is 18.8. The van der Waals surface area contributed by atoms with Gasteiger partial charge in [-0.1, -0.05) is 41.2 Å². The minimum atomic E-state index is -4.16. The number of methoxy groups -OCH3 is 1. The molecule has 0 spiro atoms. The third kappa shape index (κ3) is 5.64. The van der Waals surface area contributed by atoms with Crippen molar-refractivity contribution in [3.05, 3.63) is 84.2 Å². The highest BCUT2D eigenvalue weighted by Gasteiger charge is 2.28. The monoisotopic (exact) mass is 512 g/mol. The van der Waals surface area contributed by atoms with Gasteiger partial charge in [0.1, 0.15) is 23.1 Å². The summed E-state index contributed by atoms with van der Waals surface area (Å²) in [6, 6.07) is 18.3. The average molecular weight is 513 g/mol. The number of aryl methyl sites for hydroxylation is 1. The number of nitrogens with one attached hydrogen (secondary N) is 1. The van der Waals surface area contributed by atoms with Gasteiger partial charge >= 0.3 is 0 Å². The van der Waals surface area contributed by atoms with E-state index in [9.17, 15) is 17.6 Å². The standard InChI is InChI=1S/C24H21FN4O4S2/c1-16-3-5-17(6-4-16)23-27-28-24(34-23)26-22(30)15-29(19-9-7-18(25)8-10-19)35(31,32)21-13-11-20(33-2)12-14-21/h3-14H,15H2,1-2H3,(H,26,28,30). The number of benzene rings is 3. The van der Waals surface area contributed by atoms with Crippen molar-refractivity contribution in [1.29, 1.82) is 0 Å². The number of sulfonamides is 1. The van der Waals surface area contributed by atoms with Crippen LogP contribution in [0.1, 0.15) is 5.56 Å². The van der Waals surface area contributed by atoms with E-state index in [1.165, 1.54) is 54.8 Å². The Labute approximate surface area is 206 Å². The zero-order valence-corrected chi connectivity index (χ0v) is 20.4. The number of hydrogen-bond acceptors (Lipinski definition) is 7. The van der Waals surface area contributed by atoms with E-state index in [2.05, 4.69) is 15.5 Å². The molecular formula is C24H21FN4O4S2. The summed E-state index contributed by atoms with van der Waals surface area (Å²) in [7, 11) is -2.69. The van der Waals surface area contributed by atoms with E-state index >= 15 is 0 Å². The van der Waals surface area contributed by atoms with E-state index < -0.39 is 28.3 Å². The van der Waals surface area contributed by atoms with Gasteiger partial charge in [0.2, 0.25) is 11.0 Å². The predicted octanol–water partition coefficient (Wildman–Crippen LogP) is 4.50. The van der Waals surface area contributed by atoms with Crippen LogP contribution in [0.25, 0.3) is 10.6 Å². The highest BCUT2D eigenvalue weighted by atomic mass is 32.2. The average Bonchev–Trinajstić information content (AvgIpc) is 3.32. The Balaban J connectivity index is 1.58. The highest BCUT2D eigenvalue weighted by molar-refractivity contribution is 7.92. The maximum atomic E-state index is 13.5. The molecule has 1 N–H and O–H groups in total. The number of halogens is 1. The van der Waals surface area contributed by atoms with Gasteiger partial charge in [-0.3, -0.25) is 14.4 Å². The molecule has 0 bridgehead atoms. The van der Waals surface area contributed by atoms with Crippen molar-refractivity contribution in [1.82, 2.24) is 10.2 Å². The molecule has 4 rings (SSSR count). The Kier molecular flexibility index (Phi) is 7.08. The lowest BCUT2D eigenvalue weighted by molar-refractivity contribution is -0.114. The van der Waals surface area contributed by atoms with Crippen LogP contribution in [-0.4, -0.2) is 38.2 Å². The molecule has 0 atom stereocenters. The molecular weight excluding hydrogens is 491 g/mol. The van der Waals surface area contributed by atoms with Crippen LogP contribution in [0.15, 0.2) is 77.7 Å². The predicted molar refractivity (Wildman–Crippen MR) is 133 cm³/mol. The lowest BCUT2D eigenvalue weighted by Crippen LogP contribution is -2.38. The lowest BCUT2D eigenvalue weighted by Gasteiger charge is -2.24. The molecule has 1 amide bonds. The Bertz CT molecular complexity index is 1420. The van der Waals surface area contributed by atoms with Gasteiger partial charge in [-0.05, 0) is 55.5 Å². The summed E-state index contributed by atoms with van der Waals surface area (Å²) in [6.45, 7) is 1.42. The molecule has 0 saturated carbocycles. The first kappa shape index (κ1) is 24.3. The molecule has 180 valence electrons. The number of carbonyl (C=O) groups is 1. The minimum Gasteiger partial charge on any atom is -0.497 e. The van der Waals surface area contributed by atoms with E-state index in [-0.39, 0.29) is 15.7 Å². The third-order valence-electron chi connectivity index (χ3n) is 5.02. The molecule has 8 nitrogen and oxygen atoms in total. The fourth-order valence-corrected chi connectivity index (χ4v) is 5.36. The molecule has 1 aromatic heterocycles. The molecule has 0 radical (unpaired) electrons. The minimum absolute atomic E-state index is 0.0482. The quantitative estimate of drug-likeness (QED) is 0.373. The van der Waals surface area contributed by atoms with Crippen LogP contribution in [0.4, 0.5) is 15.2 Å². The van der Waals surface area contributed by atoms with E-state index in [0.29, 0.717) is 10.8 Å². The van der Waals surface area contributed by atoms with Crippen LogP contribution < -0.4 is 14.4 Å². The Hall–Kier alpha value is -3.83. The highest BCUT2D eigenvalue weighted by Crippen LogP contribution is 2.28. The second-order valence-electron chi connectivity index (χ2n) is 7.49. The number of carbonyl (C=O) groups excluding carboxylic acids is 1. The molecule has 11 heteroatoms. The summed E-state index contributed by atoms with van der Waals surface area (Å²) in [5.41, 5.74) is 2.09. The molecule has 0 unspecified atom stereocenters. The molecule has 4 aromatic rings. The normalized spacial score (nSPS) is 11.2. The van der Waals surface area contributed by atoms with E-state index in [0.717, 1.165) is 27.6 Å². The Morgan fingerprint density at radius 1 is 1.00 bits per heavy atom. The van der Waals surface area contributed by atoms with Crippen molar-refractivity contribution in [2.24, 2.45) is 0 Å². The van der Waals surface area contributed by atoms with Crippen molar-refractivity contribution in [3.8, 4) is 16.3 Å². The van der Waals surface area contributed by atoms with Crippen LogP contribution in [0.2, 0.25) is 0 Å². The zero-order chi connectivity index (χ0) is 25.0. The first-order valence-corrected chi connectivity index (χ1v) is 12.6. The van der Waals surface area contributed by atoms with Crippen molar-refractivity contribution in [2.45, 2.75) is 11.8 Å². The topological polar surface area (TPSA) is 101 Å². The number of anilines is 2. The number of amides is 1. The first-order valence-electron chi connectivity index (χ1n) is 10.4. The number of ether oxygens (including phenoxy) is 1. The van der Waals surface area contributed by atoms with Crippen LogP contribution >= 0.6 is 11.3 Å². The summed E-state index contributed by atoms with van der Waals surface area (Å²) < 4.78 is 46.3. The van der Waals surface area contributed by atoms with Crippen molar-refractivity contribution in [2.75, 3.05) is 23.3 Å². The Morgan fingerprint density at radius 3 is 2.29 bits per heavy atom. The number of nitrogens with zero attached hydrogens (tertiary/aromatic N) is 3. The molecule has 0 aliphatic heterocycles. The maximum absolute atomic E-state index is 13.5. The van der Waals surface area contributed by atoms with Gasteiger partial charge < -0.3 is 4.74 Å². The molecule has 0 aliphatic rings. The Morgan fingerprint density at radius 2 is 1.66 bits per heavy atom. The van der Waals surface area contributed by atoms with Crippen molar-refractivity contribution in [3.63, 3.8) is 0 Å². The van der Waals surface area contributed by atoms with Gasteiger partial charge in [0.05, 0.1) is 17.7 Å². The van der Waals surface area contributed by atoms with Crippen LogP contribution in [0, 0.1) is 12.7 Å². The summed E-state index contributed by atoms with van der Waals surface area (Å²) in [5.74, 6) is -0.675. The molecule has 35 heavy (non-hydrogen) atoms. The first-order chi connectivity index (χ1) is 16.8. The maximum Gasteiger partial charge on any atom is 0.264 e. The van der Waals surface area contributed by atoms with E-state index in [4.69, 9.17) is 4.74 Å². The van der Waals surface area contributed by atoms with Crippen LogP contribution in [0.3, 0.4) is 0 Å². The van der Waals surface area contributed by atoms with Crippen molar-refractivity contribution < 1.29 is 22.3 Å². The molecule has 0 aliphatic carbocycles. The summed E-state index contributed by atoms with van der Waals surface area (Å²) in [6.07, 6.45) is 0. The fourth-order valence-electron chi connectivity index (χ4n) is 3.17. The van der Waals surface area contributed by atoms with E-state index in [1.54, 1.807) is 0 Å². The molecule has 0 saturated heterocycles. The number of rotatable bonds is 8. The summed E-state index contributed by atoms with van der Waals surface area (Å²) in [4.78, 5) is 12.8. The lowest BCUT2D eigenvalue weighted by atomic mass is 10.2. The third-order valence-corrected chi connectivity index (χ3v) is 7.69. The van der Waals surface area contributed by atoms with Gasteiger partial charge in [0, 0.05) is 5.56 Å². The van der Waals surface area contributed by atoms with Gasteiger partial charge in [-0.25, -0.2) is 12.8 Å². The van der Waals surface area contributed by atoms with Crippen LogP contribution in [-0.2, 0) is 14.8 Å². The second-order valence-corrected chi connectivity index (χ2v) is 10.3. The molecule has 0 fully saturated rings. The summed E-state index contributed by atoms with van der Waals surface area (Å²) >= 11 is 1.17. The number of hydrogen-bond donors (Lipinski definition) is 1. The molecule has 1 heterocycles. The second kappa shape index (κ2) is 10.2. The van der Waals surface area contributed by atoms with Gasteiger partial charge in [0.15, 0.2) is 0 Å². The van der Waals surface area contributed by atoms with Crippen molar-refractivity contribution >= 4 is 38.1 Å². The summed E-state index contributed by atoms with van der Waals surface area (Å²) in [5, 5.41) is 11.5.